The van der Waals surface area contributed by atoms with E-state index in [4.69, 9.17) is 23.2 Å². The predicted molar refractivity (Wildman–Crippen MR) is 172 cm³/mol. The van der Waals surface area contributed by atoms with Crippen LogP contribution in [0.2, 0.25) is 10.0 Å². The molecule has 0 fully saturated rings. The van der Waals surface area contributed by atoms with Crippen molar-refractivity contribution in [2.45, 2.75) is 37.8 Å². The van der Waals surface area contributed by atoms with Gasteiger partial charge in [-0.3, -0.25) is 13.9 Å². The first-order valence-corrected chi connectivity index (χ1v) is 15.8. The molecule has 0 bridgehead atoms. The lowest BCUT2D eigenvalue weighted by molar-refractivity contribution is -0.139. The molecule has 0 heterocycles. The molecule has 0 spiro atoms. The van der Waals surface area contributed by atoms with E-state index in [-0.39, 0.29) is 29.5 Å². The smallest absolute Gasteiger partial charge is 0.264 e. The third kappa shape index (κ3) is 7.96. The molecular weight excluding hydrogens is 605 g/mol. The summed E-state index contributed by atoms with van der Waals surface area (Å²) in [6, 6.07) is 26.6. The number of aryl methyl sites for hydroxylation is 2. The Morgan fingerprint density at radius 2 is 1.51 bits per heavy atom. The average molecular weight is 639 g/mol. The summed E-state index contributed by atoms with van der Waals surface area (Å²) in [4.78, 5) is 29.1. The van der Waals surface area contributed by atoms with E-state index >= 15 is 0 Å². The van der Waals surface area contributed by atoms with Crippen LogP contribution < -0.4 is 9.62 Å². The highest BCUT2D eigenvalue weighted by molar-refractivity contribution is 7.92. The van der Waals surface area contributed by atoms with E-state index in [2.05, 4.69) is 5.32 Å². The fourth-order valence-electron chi connectivity index (χ4n) is 4.66. The van der Waals surface area contributed by atoms with Crippen molar-refractivity contribution in [1.29, 1.82) is 0 Å². The SMILES string of the molecule is CNC(=O)[C@@H](Cc1ccccc1)N(Cc1cccc(Cl)c1)C(=O)CN(c1ccc(C)c(Cl)c1)S(=O)(=O)c1ccc(C)cc1. The molecule has 0 saturated heterocycles. The van der Waals surface area contributed by atoms with Gasteiger partial charge >= 0.3 is 0 Å². The molecule has 7 nitrogen and oxygen atoms in total. The van der Waals surface area contributed by atoms with Crippen LogP contribution in [0, 0.1) is 13.8 Å². The number of rotatable bonds is 11. The monoisotopic (exact) mass is 637 g/mol. The number of anilines is 1. The number of nitrogens with one attached hydrogen (secondary N) is 1. The summed E-state index contributed by atoms with van der Waals surface area (Å²) in [6.07, 6.45) is 0.216. The maximum atomic E-state index is 14.3. The maximum absolute atomic E-state index is 14.3. The van der Waals surface area contributed by atoms with Gasteiger partial charge < -0.3 is 10.2 Å². The topological polar surface area (TPSA) is 86.8 Å². The molecule has 2 amide bonds. The van der Waals surface area contributed by atoms with Gasteiger partial charge in [0.25, 0.3) is 10.0 Å². The molecule has 224 valence electrons. The van der Waals surface area contributed by atoms with E-state index in [9.17, 15) is 18.0 Å². The number of hydrogen-bond donors (Lipinski definition) is 1. The summed E-state index contributed by atoms with van der Waals surface area (Å²) in [6.45, 7) is 3.12. The number of carbonyl (C=O) groups excluding carboxylic acids is 2. The largest absolute Gasteiger partial charge is 0.357 e. The average Bonchev–Trinajstić information content (AvgIpc) is 2.99. The number of halogens is 2. The summed E-state index contributed by atoms with van der Waals surface area (Å²) in [5.41, 5.74) is 3.41. The lowest BCUT2D eigenvalue weighted by Gasteiger charge is -2.33. The second-order valence-electron chi connectivity index (χ2n) is 10.2. The summed E-state index contributed by atoms with van der Waals surface area (Å²) < 4.78 is 29.2. The first-order chi connectivity index (χ1) is 20.5. The molecule has 4 aromatic rings. The van der Waals surface area contributed by atoms with Gasteiger partial charge in [-0.1, -0.05) is 89.4 Å². The van der Waals surface area contributed by atoms with E-state index in [1.807, 2.05) is 37.3 Å². The van der Waals surface area contributed by atoms with Crippen molar-refractivity contribution >= 4 is 50.7 Å². The zero-order chi connectivity index (χ0) is 31.1. The maximum Gasteiger partial charge on any atom is 0.264 e. The van der Waals surface area contributed by atoms with Crippen molar-refractivity contribution in [3.8, 4) is 0 Å². The first-order valence-electron chi connectivity index (χ1n) is 13.6. The first kappa shape index (κ1) is 32.1. The number of benzene rings is 4. The zero-order valence-electron chi connectivity index (χ0n) is 24.1. The van der Waals surface area contributed by atoms with Crippen LogP contribution in [0.3, 0.4) is 0 Å². The molecular formula is C33H33Cl2N3O4S. The highest BCUT2D eigenvalue weighted by atomic mass is 35.5. The minimum Gasteiger partial charge on any atom is -0.357 e. The molecule has 0 aromatic heterocycles. The van der Waals surface area contributed by atoms with Crippen LogP contribution in [0.5, 0.6) is 0 Å². The quantitative estimate of drug-likeness (QED) is 0.212. The molecule has 1 atom stereocenters. The third-order valence-corrected chi connectivity index (χ3v) is 9.52. The molecule has 4 aromatic carbocycles. The molecule has 4 rings (SSSR count). The van der Waals surface area contributed by atoms with Gasteiger partial charge in [0.05, 0.1) is 10.6 Å². The molecule has 43 heavy (non-hydrogen) atoms. The highest BCUT2D eigenvalue weighted by Gasteiger charge is 2.34. The van der Waals surface area contributed by atoms with E-state index in [0.29, 0.717) is 15.6 Å². The predicted octanol–water partition coefficient (Wildman–Crippen LogP) is 6.19. The van der Waals surface area contributed by atoms with E-state index < -0.39 is 28.5 Å². The van der Waals surface area contributed by atoms with Crippen molar-refractivity contribution in [3.05, 3.63) is 129 Å². The molecule has 0 unspecified atom stereocenters. The summed E-state index contributed by atoms with van der Waals surface area (Å²) in [7, 11) is -2.71. The van der Waals surface area contributed by atoms with Crippen LogP contribution in [0.1, 0.15) is 22.3 Å². The third-order valence-electron chi connectivity index (χ3n) is 7.09. The van der Waals surface area contributed by atoms with E-state index in [1.54, 1.807) is 55.5 Å². The summed E-state index contributed by atoms with van der Waals surface area (Å²) in [5.74, 6) is -0.956. The lowest BCUT2D eigenvalue weighted by atomic mass is 10.0. The lowest BCUT2D eigenvalue weighted by Crippen LogP contribution is -2.53. The normalized spacial score (nSPS) is 11.9. The molecule has 0 aliphatic heterocycles. The van der Waals surface area contributed by atoms with Gasteiger partial charge in [0, 0.05) is 30.1 Å². The van der Waals surface area contributed by atoms with E-state index in [1.165, 1.54) is 30.1 Å². The molecule has 0 radical (unpaired) electrons. The summed E-state index contributed by atoms with van der Waals surface area (Å²) in [5, 5.41) is 3.50. The number of sulfonamides is 1. The number of amides is 2. The molecule has 0 aliphatic carbocycles. The van der Waals surface area contributed by atoms with Gasteiger partial charge in [-0.05, 0) is 66.9 Å². The second-order valence-corrected chi connectivity index (χ2v) is 12.9. The van der Waals surface area contributed by atoms with Crippen molar-refractivity contribution in [2.24, 2.45) is 0 Å². The van der Waals surface area contributed by atoms with Crippen LogP contribution in [0.15, 0.2) is 102 Å². The molecule has 1 N–H and O–H groups in total. The second kappa shape index (κ2) is 14.1. The Hall–Kier alpha value is -3.85. The van der Waals surface area contributed by atoms with Crippen LogP contribution in [-0.2, 0) is 32.6 Å². The van der Waals surface area contributed by atoms with Crippen molar-refractivity contribution in [1.82, 2.24) is 10.2 Å². The minimum atomic E-state index is -4.21. The van der Waals surface area contributed by atoms with Crippen LogP contribution in [-0.4, -0.2) is 44.8 Å². The van der Waals surface area contributed by atoms with Gasteiger partial charge in [0.15, 0.2) is 0 Å². The number of nitrogens with zero attached hydrogens (tertiary/aromatic N) is 2. The van der Waals surface area contributed by atoms with Gasteiger partial charge in [0.2, 0.25) is 11.8 Å². The molecule has 0 saturated carbocycles. The number of hydrogen-bond acceptors (Lipinski definition) is 4. The fraction of sp³-hybridized carbons (Fsp3) is 0.212. The standard InChI is InChI=1S/C33H33Cl2N3O4S/c1-23-12-16-29(17-13-23)43(41,42)38(28-15-14-24(2)30(35)20-28)22-32(39)37(21-26-10-7-11-27(34)18-26)31(33(40)36-3)19-25-8-5-4-6-9-25/h4-18,20,31H,19,21-22H2,1-3H3,(H,36,40)/t31-/m1/s1. The van der Waals surface area contributed by atoms with Crippen molar-refractivity contribution < 1.29 is 18.0 Å². The Kier molecular flexibility index (Phi) is 10.5. The Labute approximate surface area is 263 Å². The van der Waals surface area contributed by atoms with Crippen LogP contribution in [0.4, 0.5) is 5.69 Å². The van der Waals surface area contributed by atoms with Gasteiger partial charge in [0.1, 0.15) is 12.6 Å². The Bertz CT molecular complexity index is 1700. The zero-order valence-corrected chi connectivity index (χ0v) is 26.5. The molecule has 10 heteroatoms. The van der Waals surface area contributed by atoms with Crippen molar-refractivity contribution in [2.75, 3.05) is 17.9 Å². The van der Waals surface area contributed by atoms with Crippen molar-refractivity contribution in [3.63, 3.8) is 0 Å². The molecule has 0 aliphatic rings. The summed E-state index contributed by atoms with van der Waals surface area (Å²) >= 11 is 12.7. The number of carbonyl (C=O) groups is 2. The number of likely N-dealkylation sites (N-methyl/N-ethyl adjacent to an activating group) is 1. The van der Waals surface area contributed by atoms with Crippen LogP contribution in [0.25, 0.3) is 0 Å². The minimum absolute atomic E-state index is 0.0242. The Morgan fingerprint density at radius 1 is 0.837 bits per heavy atom. The van der Waals surface area contributed by atoms with Crippen LogP contribution >= 0.6 is 23.2 Å². The fourth-order valence-corrected chi connectivity index (χ4v) is 6.45. The van der Waals surface area contributed by atoms with Gasteiger partial charge in [-0.25, -0.2) is 8.42 Å². The highest BCUT2D eigenvalue weighted by Crippen LogP contribution is 2.29. The van der Waals surface area contributed by atoms with Gasteiger partial charge in [-0.2, -0.15) is 0 Å². The Morgan fingerprint density at radius 3 is 2.14 bits per heavy atom. The Balaban J connectivity index is 1.80. The van der Waals surface area contributed by atoms with Gasteiger partial charge in [-0.15, -0.1) is 0 Å². The van der Waals surface area contributed by atoms with E-state index in [0.717, 1.165) is 21.0 Å².